The van der Waals surface area contributed by atoms with Crippen LogP contribution in [0.2, 0.25) is 0 Å². The Morgan fingerprint density at radius 2 is 2.23 bits per heavy atom. The Labute approximate surface area is 149 Å². The van der Waals surface area contributed by atoms with Crippen LogP contribution in [0.4, 0.5) is 4.39 Å². The highest BCUT2D eigenvalue weighted by atomic mass is 32.2. The highest BCUT2D eigenvalue weighted by Crippen LogP contribution is 2.18. The average Bonchev–Trinajstić information content (AvgIpc) is 3.03. The summed E-state index contributed by atoms with van der Waals surface area (Å²) in [6, 6.07) is 4.49. The highest BCUT2D eigenvalue weighted by molar-refractivity contribution is 7.87. The third-order valence-electron chi connectivity index (χ3n) is 3.31. The van der Waals surface area contributed by atoms with E-state index in [0.717, 1.165) is 0 Å². The van der Waals surface area contributed by atoms with Crippen molar-refractivity contribution in [1.29, 1.82) is 0 Å². The Morgan fingerprint density at radius 3 is 2.88 bits per heavy atom. The molecule has 0 saturated carbocycles. The average molecular weight is 387 g/mol. The molecule has 0 saturated heterocycles. The molecule has 0 radical (unpaired) electrons. The van der Waals surface area contributed by atoms with Crippen molar-refractivity contribution in [2.24, 2.45) is 10.3 Å². The first-order chi connectivity index (χ1) is 12.3. The summed E-state index contributed by atoms with van der Waals surface area (Å²) in [4.78, 5) is 0. The van der Waals surface area contributed by atoms with Gasteiger partial charge in [-0.05, 0) is 40.9 Å². The summed E-state index contributed by atoms with van der Waals surface area (Å²) in [5, 5.41) is 24.5. The summed E-state index contributed by atoms with van der Waals surface area (Å²) >= 11 is 0. The van der Waals surface area contributed by atoms with Gasteiger partial charge >= 0.3 is 0 Å². The van der Waals surface area contributed by atoms with Crippen molar-refractivity contribution in [3.8, 4) is 5.88 Å². The van der Waals surface area contributed by atoms with Gasteiger partial charge < -0.3 is 9.94 Å². The molecule has 142 valence electrons. The molecule has 0 amide bonds. The molecule has 0 spiro atoms. The van der Waals surface area contributed by atoms with E-state index in [0.29, 0.717) is 17.5 Å². The highest BCUT2D eigenvalue weighted by Gasteiger charge is 2.19. The van der Waals surface area contributed by atoms with E-state index in [1.807, 2.05) is 0 Å². The summed E-state index contributed by atoms with van der Waals surface area (Å²) in [5.74, 6) is -0.344. The van der Waals surface area contributed by atoms with Gasteiger partial charge in [0.2, 0.25) is 0 Å². The number of benzene rings is 1. The molecule has 2 rings (SSSR count). The van der Waals surface area contributed by atoms with Crippen LogP contribution < -0.4 is 14.6 Å². The topological polar surface area (TPSA) is 153 Å². The Bertz CT molecular complexity index is 884. The standard InChI is InChI=1S/C14H18FN5O5S/c1-9-7-10(3-4-11(9)15)8-12(18-21)13-14(20-25-19-13)24-6-2-5-17-26(16,22)23/h3-4,7,17,21H,2,5-6,8H2,1H3,(H2,16,22,23)/b18-12+. The molecule has 10 nitrogen and oxygen atoms in total. The summed E-state index contributed by atoms with van der Waals surface area (Å²) in [5.41, 5.74) is 1.36. The molecular formula is C14H18FN5O5S. The molecule has 4 N–H and O–H groups in total. The molecule has 0 unspecified atom stereocenters. The largest absolute Gasteiger partial charge is 0.474 e. The van der Waals surface area contributed by atoms with Gasteiger partial charge in [-0.15, -0.1) is 0 Å². The molecule has 1 aromatic heterocycles. The second-order valence-corrected chi connectivity index (χ2v) is 6.75. The number of ether oxygens (including phenoxy) is 1. The van der Waals surface area contributed by atoms with E-state index >= 15 is 0 Å². The minimum Gasteiger partial charge on any atom is -0.474 e. The maximum atomic E-state index is 13.3. The van der Waals surface area contributed by atoms with Crippen LogP contribution in [-0.4, -0.2) is 42.8 Å². The van der Waals surface area contributed by atoms with Gasteiger partial charge in [-0.3, -0.25) is 0 Å². The Morgan fingerprint density at radius 1 is 1.46 bits per heavy atom. The molecule has 0 atom stereocenters. The Hall–Kier alpha value is -2.57. The van der Waals surface area contributed by atoms with Crippen LogP contribution in [0.3, 0.4) is 0 Å². The SMILES string of the molecule is Cc1cc(C/C(=N\O)c2nonc2OCCCNS(N)(=O)=O)ccc1F. The predicted octanol–water partition coefficient (Wildman–Crippen LogP) is 0.500. The first-order valence-corrected chi connectivity index (χ1v) is 9.04. The maximum absolute atomic E-state index is 13.3. The molecule has 2 aromatic rings. The second kappa shape index (κ2) is 8.69. The number of rotatable bonds is 9. The summed E-state index contributed by atoms with van der Waals surface area (Å²) < 4.78 is 46.9. The predicted molar refractivity (Wildman–Crippen MR) is 88.7 cm³/mol. The van der Waals surface area contributed by atoms with Gasteiger partial charge in [-0.1, -0.05) is 17.3 Å². The molecule has 1 heterocycles. The van der Waals surface area contributed by atoms with Crippen molar-refractivity contribution < 1.29 is 27.4 Å². The molecule has 1 aromatic carbocycles. The Balaban J connectivity index is 1.99. The van der Waals surface area contributed by atoms with Crippen LogP contribution in [0.1, 0.15) is 23.2 Å². The molecular weight excluding hydrogens is 369 g/mol. The van der Waals surface area contributed by atoms with Crippen molar-refractivity contribution in [1.82, 2.24) is 15.0 Å². The molecule has 12 heteroatoms. The lowest BCUT2D eigenvalue weighted by Gasteiger charge is -2.06. The van der Waals surface area contributed by atoms with Crippen molar-refractivity contribution in [3.05, 3.63) is 40.8 Å². The van der Waals surface area contributed by atoms with Gasteiger partial charge in [0.1, 0.15) is 11.5 Å². The zero-order chi connectivity index (χ0) is 19.2. The quantitative estimate of drug-likeness (QED) is 0.245. The summed E-state index contributed by atoms with van der Waals surface area (Å²) in [6.45, 7) is 1.80. The number of aryl methyl sites for hydroxylation is 1. The molecule has 0 fully saturated rings. The molecule has 0 aliphatic heterocycles. The monoisotopic (exact) mass is 387 g/mol. The zero-order valence-electron chi connectivity index (χ0n) is 13.8. The van der Waals surface area contributed by atoms with E-state index in [2.05, 4.69) is 24.8 Å². The van der Waals surface area contributed by atoms with E-state index < -0.39 is 10.2 Å². The van der Waals surface area contributed by atoms with Gasteiger partial charge in [0.15, 0.2) is 5.69 Å². The third kappa shape index (κ3) is 5.75. The van der Waals surface area contributed by atoms with Crippen LogP contribution in [0.25, 0.3) is 0 Å². The van der Waals surface area contributed by atoms with E-state index in [9.17, 15) is 18.0 Å². The van der Waals surface area contributed by atoms with E-state index in [1.54, 1.807) is 19.1 Å². The lowest BCUT2D eigenvalue weighted by molar-refractivity contribution is 0.253. The van der Waals surface area contributed by atoms with Crippen LogP contribution >= 0.6 is 0 Å². The van der Waals surface area contributed by atoms with Crippen LogP contribution in [0.15, 0.2) is 28.0 Å². The van der Waals surface area contributed by atoms with Crippen LogP contribution in [0, 0.1) is 12.7 Å². The fourth-order valence-electron chi connectivity index (χ4n) is 2.08. The van der Waals surface area contributed by atoms with Crippen LogP contribution in [0.5, 0.6) is 5.88 Å². The first-order valence-electron chi connectivity index (χ1n) is 7.49. The molecule has 0 bridgehead atoms. The first kappa shape index (κ1) is 19.8. The number of halogens is 1. The second-order valence-electron chi connectivity index (χ2n) is 5.37. The number of hydrogen-bond donors (Lipinski definition) is 3. The lowest BCUT2D eigenvalue weighted by Crippen LogP contribution is -2.32. The van der Waals surface area contributed by atoms with Crippen molar-refractivity contribution in [2.45, 2.75) is 19.8 Å². The molecule has 26 heavy (non-hydrogen) atoms. The van der Waals surface area contributed by atoms with Gasteiger partial charge in [0.25, 0.3) is 16.1 Å². The van der Waals surface area contributed by atoms with E-state index in [-0.39, 0.29) is 42.7 Å². The number of oxime groups is 1. The van der Waals surface area contributed by atoms with Gasteiger partial charge in [-0.25, -0.2) is 18.9 Å². The van der Waals surface area contributed by atoms with Crippen molar-refractivity contribution in [2.75, 3.05) is 13.2 Å². The van der Waals surface area contributed by atoms with Crippen molar-refractivity contribution in [3.63, 3.8) is 0 Å². The lowest BCUT2D eigenvalue weighted by atomic mass is 10.0. The zero-order valence-corrected chi connectivity index (χ0v) is 14.7. The van der Waals surface area contributed by atoms with E-state index in [4.69, 9.17) is 9.88 Å². The number of nitrogens with one attached hydrogen (secondary N) is 1. The Kier molecular flexibility index (Phi) is 6.60. The molecule has 0 aliphatic rings. The number of aromatic nitrogens is 2. The third-order valence-corrected chi connectivity index (χ3v) is 3.92. The molecule has 0 aliphatic carbocycles. The summed E-state index contributed by atoms with van der Waals surface area (Å²) in [7, 11) is -3.76. The van der Waals surface area contributed by atoms with Gasteiger partial charge in [-0.2, -0.15) is 8.42 Å². The number of nitrogens with two attached hydrogens (primary N) is 1. The van der Waals surface area contributed by atoms with Crippen LogP contribution in [-0.2, 0) is 16.6 Å². The minimum atomic E-state index is -3.76. The van der Waals surface area contributed by atoms with Gasteiger partial charge in [0, 0.05) is 13.0 Å². The maximum Gasteiger partial charge on any atom is 0.285 e. The van der Waals surface area contributed by atoms with Crippen molar-refractivity contribution >= 4 is 15.9 Å². The minimum absolute atomic E-state index is 0.00719. The summed E-state index contributed by atoms with van der Waals surface area (Å²) in [6.07, 6.45) is 0.459. The normalized spacial score (nSPS) is 12.3. The fourth-order valence-corrected chi connectivity index (χ4v) is 2.51. The van der Waals surface area contributed by atoms with E-state index in [1.165, 1.54) is 6.07 Å². The smallest absolute Gasteiger partial charge is 0.285 e. The number of hydrogen-bond acceptors (Lipinski definition) is 8. The fraction of sp³-hybridized carbons (Fsp3) is 0.357. The number of nitrogens with zero attached hydrogens (tertiary/aromatic N) is 3. The van der Waals surface area contributed by atoms with Gasteiger partial charge in [0.05, 0.1) is 6.61 Å².